The fourth-order valence-corrected chi connectivity index (χ4v) is 1.67. The van der Waals surface area contributed by atoms with Crippen LogP contribution in [0.3, 0.4) is 0 Å². The third kappa shape index (κ3) is 9.18. The molecule has 1 rings (SSSR count). The quantitative estimate of drug-likeness (QED) is 0.506. The number of carbonyl (C=O) groups excluding carboxylic acids is 2. The number of hydrogen-bond donors (Lipinski definition) is 2. The molecule has 0 radical (unpaired) electrons. The first-order valence-corrected chi connectivity index (χ1v) is 6.78. The van der Waals surface area contributed by atoms with Crippen LogP contribution in [0.25, 0.3) is 0 Å². The summed E-state index contributed by atoms with van der Waals surface area (Å²) in [5.74, 6) is -0.0956. The van der Waals surface area contributed by atoms with Gasteiger partial charge in [0.25, 0.3) is 0 Å². The van der Waals surface area contributed by atoms with E-state index in [9.17, 15) is 9.59 Å². The van der Waals surface area contributed by atoms with E-state index in [-0.39, 0.29) is 36.9 Å². The van der Waals surface area contributed by atoms with Crippen LogP contribution < -0.4 is 10.6 Å². The van der Waals surface area contributed by atoms with Crippen LogP contribution in [0, 0.1) is 0 Å². The van der Waals surface area contributed by atoms with Crippen LogP contribution in [-0.4, -0.2) is 45.0 Å². The number of ketones is 1. The molecule has 0 aliphatic rings. The molecule has 0 bridgehead atoms. The Morgan fingerprint density at radius 1 is 1.05 bits per heavy atom. The molecule has 0 atom stereocenters. The highest BCUT2D eigenvalue weighted by Crippen LogP contribution is 2.04. The number of methoxy groups -OCH3 is 1. The maximum Gasteiger partial charge on any atom is 0.220 e. The highest BCUT2D eigenvalue weighted by atomic mass is 35.5. The average Bonchev–Trinajstić information content (AvgIpc) is 2.49. The Morgan fingerprint density at radius 2 is 1.76 bits per heavy atom. The van der Waals surface area contributed by atoms with E-state index < -0.39 is 0 Å². The number of hydrogen-bond acceptors (Lipinski definition) is 4. The number of benzene rings is 1. The SMILES string of the molecule is COCCNCCNC(=O)CCC(=O)c1ccccc1.Cl. The summed E-state index contributed by atoms with van der Waals surface area (Å²) in [6.07, 6.45) is 0.471. The van der Waals surface area contributed by atoms with Crippen LogP contribution in [0.5, 0.6) is 0 Å². The summed E-state index contributed by atoms with van der Waals surface area (Å²) in [6, 6.07) is 9.03. The monoisotopic (exact) mass is 314 g/mol. The van der Waals surface area contributed by atoms with Crippen LogP contribution in [0.15, 0.2) is 30.3 Å². The van der Waals surface area contributed by atoms with Crippen molar-refractivity contribution in [3.05, 3.63) is 35.9 Å². The van der Waals surface area contributed by atoms with Crippen LogP contribution in [-0.2, 0) is 9.53 Å². The molecule has 1 aromatic rings. The number of ether oxygens (including phenoxy) is 1. The van der Waals surface area contributed by atoms with E-state index in [0.717, 1.165) is 6.54 Å². The number of carbonyl (C=O) groups is 2. The second kappa shape index (κ2) is 12.3. The minimum absolute atomic E-state index is 0. The van der Waals surface area contributed by atoms with E-state index >= 15 is 0 Å². The molecule has 0 spiro atoms. The van der Waals surface area contributed by atoms with Crippen molar-refractivity contribution < 1.29 is 14.3 Å². The van der Waals surface area contributed by atoms with Gasteiger partial charge in [0.05, 0.1) is 6.61 Å². The minimum atomic E-state index is -0.0946. The van der Waals surface area contributed by atoms with Gasteiger partial charge in [-0.25, -0.2) is 0 Å². The lowest BCUT2D eigenvalue weighted by Gasteiger charge is -2.06. The fraction of sp³-hybridized carbons (Fsp3) is 0.467. The van der Waals surface area contributed by atoms with E-state index in [1.54, 1.807) is 19.2 Å². The fourth-order valence-electron chi connectivity index (χ4n) is 1.67. The third-order valence-electron chi connectivity index (χ3n) is 2.78. The van der Waals surface area contributed by atoms with Gasteiger partial charge in [-0.3, -0.25) is 9.59 Å². The van der Waals surface area contributed by atoms with Crippen LogP contribution in [0.2, 0.25) is 0 Å². The molecule has 0 aromatic heterocycles. The molecule has 0 unspecified atom stereocenters. The zero-order chi connectivity index (χ0) is 14.6. The minimum Gasteiger partial charge on any atom is -0.383 e. The Bertz CT molecular complexity index is 413. The predicted molar refractivity (Wildman–Crippen MR) is 85.0 cm³/mol. The summed E-state index contributed by atoms with van der Waals surface area (Å²) in [7, 11) is 1.65. The molecule has 0 aliphatic heterocycles. The van der Waals surface area contributed by atoms with E-state index in [1.165, 1.54) is 0 Å². The maximum absolute atomic E-state index is 11.8. The van der Waals surface area contributed by atoms with Crippen molar-refractivity contribution >= 4 is 24.1 Å². The number of halogens is 1. The Labute approximate surface area is 131 Å². The standard InChI is InChI=1S/C15H22N2O3.ClH/c1-20-12-11-16-9-10-17-15(19)8-7-14(18)13-5-3-2-4-6-13;/h2-6,16H,7-12H2,1H3,(H,17,19);1H. The molecule has 1 amide bonds. The molecule has 2 N–H and O–H groups in total. The van der Waals surface area contributed by atoms with Gasteiger partial charge < -0.3 is 15.4 Å². The van der Waals surface area contributed by atoms with Crippen LogP contribution >= 0.6 is 12.4 Å². The van der Waals surface area contributed by atoms with Gasteiger partial charge in [-0.1, -0.05) is 30.3 Å². The molecule has 6 heteroatoms. The Morgan fingerprint density at radius 3 is 2.43 bits per heavy atom. The Hall–Kier alpha value is -1.43. The van der Waals surface area contributed by atoms with Crippen molar-refractivity contribution in [1.29, 1.82) is 0 Å². The van der Waals surface area contributed by atoms with E-state index in [1.807, 2.05) is 18.2 Å². The summed E-state index contributed by atoms with van der Waals surface area (Å²) in [5, 5.41) is 5.90. The lowest BCUT2D eigenvalue weighted by molar-refractivity contribution is -0.121. The molecule has 0 aliphatic carbocycles. The third-order valence-corrected chi connectivity index (χ3v) is 2.78. The molecule has 21 heavy (non-hydrogen) atoms. The van der Waals surface area contributed by atoms with E-state index in [2.05, 4.69) is 10.6 Å². The van der Waals surface area contributed by atoms with Gasteiger partial charge in [-0.2, -0.15) is 0 Å². The van der Waals surface area contributed by atoms with Crippen molar-refractivity contribution in [1.82, 2.24) is 10.6 Å². The van der Waals surface area contributed by atoms with Crippen molar-refractivity contribution in [2.45, 2.75) is 12.8 Å². The van der Waals surface area contributed by atoms with E-state index in [4.69, 9.17) is 4.74 Å². The molecule has 118 valence electrons. The molecule has 0 fully saturated rings. The molecule has 5 nitrogen and oxygen atoms in total. The normalized spacial score (nSPS) is 9.76. The van der Waals surface area contributed by atoms with Gasteiger partial charge in [0.1, 0.15) is 0 Å². The lowest BCUT2D eigenvalue weighted by Crippen LogP contribution is -2.33. The molecular formula is C15H23ClN2O3. The van der Waals surface area contributed by atoms with Crippen molar-refractivity contribution in [2.75, 3.05) is 33.4 Å². The maximum atomic E-state index is 11.8. The van der Waals surface area contributed by atoms with Gasteiger partial charge in [-0.05, 0) is 0 Å². The summed E-state index contributed by atoms with van der Waals surface area (Å²) in [6.45, 7) is 2.67. The lowest BCUT2D eigenvalue weighted by atomic mass is 10.1. The molecule has 0 heterocycles. The first-order chi connectivity index (χ1) is 9.74. The number of rotatable bonds is 10. The zero-order valence-electron chi connectivity index (χ0n) is 12.3. The second-order valence-corrected chi connectivity index (χ2v) is 4.38. The highest BCUT2D eigenvalue weighted by Gasteiger charge is 2.08. The smallest absolute Gasteiger partial charge is 0.220 e. The van der Waals surface area contributed by atoms with Crippen molar-refractivity contribution in [2.24, 2.45) is 0 Å². The Kier molecular flexibility index (Phi) is 11.5. The number of amides is 1. The summed E-state index contributed by atoms with van der Waals surface area (Å²) in [4.78, 5) is 23.3. The van der Waals surface area contributed by atoms with Crippen LogP contribution in [0.1, 0.15) is 23.2 Å². The van der Waals surface area contributed by atoms with Crippen LogP contribution in [0.4, 0.5) is 0 Å². The first-order valence-electron chi connectivity index (χ1n) is 6.78. The summed E-state index contributed by atoms with van der Waals surface area (Å²) < 4.78 is 4.89. The van der Waals surface area contributed by atoms with Gasteiger partial charge >= 0.3 is 0 Å². The summed E-state index contributed by atoms with van der Waals surface area (Å²) in [5.41, 5.74) is 0.654. The largest absolute Gasteiger partial charge is 0.383 e. The Balaban J connectivity index is 0.00000400. The molecule has 1 aromatic carbocycles. The zero-order valence-corrected chi connectivity index (χ0v) is 13.1. The van der Waals surface area contributed by atoms with Crippen molar-refractivity contribution in [3.8, 4) is 0 Å². The van der Waals surface area contributed by atoms with Gasteiger partial charge in [-0.15, -0.1) is 12.4 Å². The molecular weight excluding hydrogens is 292 g/mol. The topological polar surface area (TPSA) is 67.4 Å². The van der Waals surface area contributed by atoms with E-state index in [0.29, 0.717) is 25.3 Å². The van der Waals surface area contributed by atoms with Gasteiger partial charge in [0.2, 0.25) is 5.91 Å². The number of nitrogens with one attached hydrogen (secondary N) is 2. The predicted octanol–water partition coefficient (Wildman–Crippen LogP) is 1.42. The summed E-state index contributed by atoms with van der Waals surface area (Å²) >= 11 is 0. The highest BCUT2D eigenvalue weighted by molar-refractivity contribution is 5.97. The molecule has 0 saturated heterocycles. The second-order valence-electron chi connectivity index (χ2n) is 4.38. The van der Waals surface area contributed by atoms with Gasteiger partial charge in [0.15, 0.2) is 5.78 Å². The average molecular weight is 315 g/mol. The van der Waals surface area contributed by atoms with Gasteiger partial charge in [0, 0.05) is 45.1 Å². The van der Waals surface area contributed by atoms with Crippen molar-refractivity contribution in [3.63, 3.8) is 0 Å². The first kappa shape index (κ1) is 19.6. The molecule has 0 saturated carbocycles. The number of Topliss-reactive ketones (excluding diaryl/α,β-unsaturated/α-hetero) is 1.